The van der Waals surface area contributed by atoms with Gasteiger partial charge in [-0.15, -0.1) is 0 Å². The molecule has 0 unspecified atom stereocenters. The van der Waals surface area contributed by atoms with E-state index in [1.165, 1.54) is 0 Å². The molecule has 0 aromatic rings. The van der Waals surface area contributed by atoms with Crippen LogP contribution in [0.2, 0.25) is 0 Å². The molecule has 0 atom stereocenters. The Morgan fingerprint density at radius 1 is 0.529 bits per heavy atom. The monoisotopic (exact) mass is 669 g/mol. The second kappa shape index (κ2) is 15.4. The van der Waals surface area contributed by atoms with Crippen molar-refractivity contribution in [2.45, 2.75) is 38.6 Å². The third-order valence-corrected chi connectivity index (χ3v) is 2.09. The van der Waals surface area contributed by atoms with Gasteiger partial charge in [-0.25, -0.2) is 0 Å². The molecule has 0 amide bonds. The molecule has 199 valence electrons. The Morgan fingerprint density at radius 2 is 0.794 bits per heavy atom. The van der Waals surface area contributed by atoms with Crippen molar-refractivity contribution in [1.82, 2.24) is 0 Å². The molecule has 0 fully saturated rings. The second-order valence-electron chi connectivity index (χ2n) is 5.18. The van der Waals surface area contributed by atoms with E-state index in [-0.39, 0.29) is 61.5 Å². The van der Waals surface area contributed by atoms with Crippen molar-refractivity contribution in [1.29, 1.82) is 0 Å². The zero-order valence-corrected chi connectivity index (χ0v) is 18.6. The van der Waals surface area contributed by atoms with Gasteiger partial charge in [0.15, 0.2) is 5.78 Å². The first-order valence-electron chi connectivity index (χ1n) is 7.28. The van der Waals surface area contributed by atoms with E-state index in [1.807, 2.05) is 0 Å². The molecule has 0 spiro atoms. The standard InChI is InChI=1S/C5H2F6O2.2C5H5F3O2.Eu/c6-4(7,8)2(12)1-3(13)5(9,10)11;2*1-3(9)2-4(10)5(6,7)8;/h1,12H;2,10H,1H3;2,9H,1H3;/b2-1-;4-2-;3-2-;. The molecule has 0 aliphatic rings. The minimum atomic E-state index is -5.42. The van der Waals surface area contributed by atoms with Crippen LogP contribution in [-0.2, 0) is 14.4 Å². The summed E-state index contributed by atoms with van der Waals surface area (Å²) >= 11 is 0. The van der Waals surface area contributed by atoms with Crippen LogP contribution in [-0.4, -0.2) is 57.4 Å². The second-order valence-corrected chi connectivity index (χ2v) is 5.18. The van der Waals surface area contributed by atoms with E-state index in [1.54, 1.807) is 0 Å². The molecule has 0 aliphatic heterocycles. The van der Waals surface area contributed by atoms with Gasteiger partial charge in [0.25, 0.3) is 11.6 Å². The van der Waals surface area contributed by atoms with Crippen molar-refractivity contribution < 1.29 is 132 Å². The predicted molar refractivity (Wildman–Crippen MR) is 82.7 cm³/mol. The number of hydrogen-bond acceptors (Lipinski definition) is 6. The number of aliphatic hydroxyl groups is 3. The summed E-state index contributed by atoms with van der Waals surface area (Å²) < 4.78 is 136. The smallest absolute Gasteiger partial charge is 0.454 e. The van der Waals surface area contributed by atoms with Gasteiger partial charge in [-0.3, -0.25) is 14.4 Å². The Balaban J connectivity index is -0.000000198. The number of ketones is 3. The molecular formula is C15H12EuF12O6. The van der Waals surface area contributed by atoms with Gasteiger partial charge in [-0.2, -0.15) is 52.7 Å². The molecule has 0 aromatic carbocycles. The molecule has 0 rings (SSSR count). The number of halogens is 12. The van der Waals surface area contributed by atoms with Crippen LogP contribution in [0, 0.1) is 49.4 Å². The number of hydrogen-bond donors (Lipinski definition) is 3. The summed E-state index contributed by atoms with van der Waals surface area (Å²) in [5, 5.41) is 24.2. The maximum atomic E-state index is 11.4. The number of carbonyl (C=O) groups excluding carboxylic acids is 3. The summed E-state index contributed by atoms with van der Waals surface area (Å²) in [5.74, 6) is -10.7. The van der Waals surface area contributed by atoms with Crippen molar-refractivity contribution in [3.05, 3.63) is 35.5 Å². The Morgan fingerprint density at radius 3 is 0.941 bits per heavy atom. The van der Waals surface area contributed by atoms with Gasteiger partial charge in [0.1, 0.15) is 0 Å². The quantitative estimate of drug-likeness (QED) is 0.215. The maximum Gasteiger partial charge on any atom is 0.454 e. The van der Waals surface area contributed by atoms with Crippen molar-refractivity contribution in [2.75, 3.05) is 0 Å². The third kappa shape index (κ3) is 22.2. The summed E-state index contributed by atoms with van der Waals surface area (Å²) in [4.78, 5) is 29.7. The average molecular weight is 668 g/mol. The minimum absolute atomic E-state index is 0. The first-order chi connectivity index (χ1) is 14.2. The first kappa shape index (κ1) is 39.6. The Labute approximate surface area is 222 Å². The Kier molecular flexibility index (Phi) is 17.9. The van der Waals surface area contributed by atoms with Crippen LogP contribution >= 0.6 is 0 Å². The molecule has 0 aromatic heterocycles. The van der Waals surface area contributed by atoms with Crippen LogP contribution in [0.25, 0.3) is 0 Å². The maximum absolute atomic E-state index is 11.4. The van der Waals surface area contributed by atoms with Crippen LogP contribution in [0.3, 0.4) is 0 Å². The van der Waals surface area contributed by atoms with Crippen molar-refractivity contribution in [2.24, 2.45) is 0 Å². The number of allylic oxidation sites excluding steroid dienone is 6. The Bertz CT molecular complexity index is 782. The molecular weight excluding hydrogens is 656 g/mol. The summed E-state index contributed by atoms with van der Waals surface area (Å²) in [6.07, 6.45) is -21.1. The van der Waals surface area contributed by atoms with Gasteiger partial charge in [-0.1, -0.05) is 0 Å². The average Bonchev–Trinajstić information content (AvgIpc) is 2.51. The normalized spacial score (nSPS) is 13.4. The molecule has 6 nitrogen and oxygen atoms in total. The van der Waals surface area contributed by atoms with Gasteiger partial charge in [0.2, 0.25) is 11.5 Å². The summed E-state index contributed by atoms with van der Waals surface area (Å²) in [7, 11) is 0. The van der Waals surface area contributed by atoms with E-state index in [4.69, 9.17) is 15.3 Å². The number of rotatable bonds is 3. The van der Waals surface area contributed by atoms with Crippen LogP contribution < -0.4 is 0 Å². The zero-order valence-electron chi connectivity index (χ0n) is 16.2. The fourth-order valence-electron chi connectivity index (χ4n) is 0.834. The summed E-state index contributed by atoms with van der Waals surface area (Å²) in [6, 6.07) is 0. The van der Waals surface area contributed by atoms with Gasteiger partial charge in [-0.05, 0) is 13.8 Å². The van der Waals surface area contributed by atoms with Gasteiger partial charge in [0, 0.05) is 67.6 Å². The Hall–Kier alpha value is -1.63. The topological polar surface area (TPSA) is 112 Å². The molecule has 0 bridgehead atoms. The third-order valence-electron chi connectivity index (χ3n) is 2.09. The molecule has 1 radical (unpaired) electrons. The van der Waals surface area contributed by atoms with Crippen molar-refractivity contribution in [3.8, 4) is 0 Å². The molecule has 0 saturated heterocycles. The van der Waals surface area contributed by atoms with Gasteiger partial charge < -0.3 is 15.3 Å². The van der Waals surface area contributed by atoms with E-state index in [0.29, 0.717) is 0 Å². The predicted octanol–water partition coefficient (Wildman–Crippen LogP) is 5.28. The van der Waals surface area contributed by atoms with Crippen LogP contribution in [0.5, 0.6) is 0 Å². The molecule has 3 N–H and O–H groups in total. The van der Waals surface area contributed by atoms with Gasteiger partial charge >= 0.3 is 24.7 Å². The number of alkyl halides is 12. The molecule has 0 saturated carbocycles. The molecule has 0 aliphatic carbocycles. The van der Waals surface area contributed by atoms with E-state index in [0.717, 1.165) is 13.8 Å². The molecule has 0 heterocycles. The van der Waals surface area contributed by atoms with Crippen LogP contribution in [0.4, 0.5) is 52.7 Å². The fourth-order valence-corrected chi connectivity index (χ4v) is 0.834. The summed E-state index contributed by atoms with van der Waals surface area (Å²) in [6.45, 7) is 1.91. The van der Waals surface area contributed by atoms with Crippen LogP contribution in [0.15, 0.2) is 35.5 Å². The minimum Gasteiger partial charge on any atom is -0.512 e. The van der Waals surface area contributed by atoms with Crippen molar-refractivity contribution in [3.63, 3.8) is 0 Å². The number of aliphatic hydroxyl groups excluding tert-OH is 3. The SMILES string of the molecule is C/C(O)=C/C(=O)C(F)(F)F.CC(=O)/C=C(\O)C(F)(F)F.O=C(/C=C(\O)C(F)(F)F)C(F)(F)F.[Eu]. The van der Waals surface area contributed by atoms with E-state index >= 15 is 0 Å². The van der Waals surface area contributed by atoms with E-state index in [2.05, 4.69) is 0 Å². The van der Waals surface area contributed by atoms with Crippen molar-refractivity contribution >= 4 is 17.3 Å². The molecule has 34 heavy (non-hydrogen) atoms. The van der Waals surface area contributed by atoms with E-state index in [9.17, 15) is 67.1 Å². The van der Waals surface area contributed by atoms with Crippen LogP contribution in [0.1, 0.15) is 13.8 Å². The number of carbonyl (C=O) groups is 3. The summed E-state index contributed by atoms with van der Waals surface area (Å²) in [5.41, 5.74) is 0. The molecule has 19 heteroatoms. The van der Waals surface area contributed by atoms with E-state index < -0.39 is 65.4 Å². The fraction of sp³-hybridized carbons (Fsp3) is 0.400. The van der Waals surface area contributed by atoms with Gasteiger partial charge in [0.05, 0.1) is 5.76 Å². The zero-order chi connectivity index (χ0) is 27.6. The first-order valence-corrected chi connectivity index (χ1v) is 7.28. The largest absolute Gasteiger partial charge is 0.512 e.